The number of nitrogens with zero attached hydrogens (tertiary/aromatic N) is 4. The summed E-state index contributed by atoms with van der Waals surface area (Å²) in [6.45, 7) is 7.33. The number of nitrogens with two attached hydrogens (primary N) is 1. The number of H-pyrrole nitrogens is 1. The number of hydrogen-bond acceptors (Lipinski definition) is 14. The number of aromatic nitrogens is 2. The first-order valence-electron chi connectivity index (χ1n) is 21.5. The minimum absolute atomic E-state index is 0.0706. The lowest BCUT2D eigenvalue weighted by Gasteiger charge is -2.32. The molecule has 1 aromatic heterocycles. The fourth-order valence-corrected chi connectivity index (χ4v) is 9.03. The van der Waals surface area contributed by atoms with Crippen molar-refractivity contribution in [3.05, 3.63) is 65.6 Å². The van der Waals surface area contributed by atoms with Gasteiger partial charge >= 0.3 is 6.09 Å². The number of hydrogen-bond donors (Lipinski definition) is 5. The molecule has 3 aliphatic rings. The highest BCUT2D eigenvalue weighted by atomic mass is 16.6. The standard InChI is InChI=1S/C46H60N8O10/c1-24-13-37(54(20-24)44(56)40(26(3)61-6)52-46(58)63-8)42-49-36-12-10-28-16-34-32-11-9-29(15-30(32)23-64-38(34)17-33(28)41(36)50-42)35(47)19-48-18-31-14-27(22-59-4)21-53(31)43(55)39(25(2)60-5)51-45(57)62-7/h9-12,15-19,24-27,31,37,39-40,46,52,58H,13-14,20-23,47H2,1-8H3,(H,49,50)(H,51,57)/b35-19-,48-18+/t24-,25+,26+,27-,31-,37-,39-,40?,46?/m0/s1. The average molecular weight is 885 g/mol. The summed E-state index contributed by atoms with van der Waals surface area (Å²) in [5.74, 6) is 1.20. The van der Waals surface area contributed by atoms with Crippen molar-refractivity contribution in [2.24, 2.45) is 22.6 Å². The van der Waals surface area contributed by atoms with E-state index < -0.39 is 36.8 Å². The molecule has 3 aromatic carbocycles. The Morgan fingerprint density at radius 2 is 1.72 bits per heavy atom. The van der Waals surface area contributed by atoms with Gasteiger partial charge in [-0.3, -0.25) is 19.9 Å². The molecule has 2 saturated heterocycles. The monoisotopic (exact) mass is 884 g/mol. The van der Waals surface area contributed by atoms with E-state index in [0.29, 0.717) is 44.2 Å². The molecule has 64 heavy (non-hydrogen) atoms. The number of carbonyl (C=O) groups excluding carboxylic acids is 3. The van der Waals surface area contributed by atoms with E-state index >= 15 is 0 Å². The average Bonchev–Trinajstić information content (AvgIpc) is 4.04. The number of ether oxygens (including phenoxy) is 6. The lowest BCUT2D eigenvalue weighted by molar-refractivity contribution is -0.149. The van der Waals surface area contributed by atoms with Crippen molar-refractivity contribution in [3.63, 3.8) is 0 Å². The van der Waals surface area contributed by atoms with E-state index in [-0.39, 0.29) is 35.7 Å². The summed E-state index contributed by atoms with van der Waals surface area (Å²) in [6, 6.07) is 11.7. The van der Waals surface area contributed by atoms with Crippen molar-refractivity contribution in [1.29, 1.82) is 0 Å². The lowest BCUT2D eigenvalue weighted by Crippen LogP contribution is -2.55. The van der Waals surface area contributed by atoms with Crippen LogP contribution in [0.15, 0.2) is 53.7 Å². The molecule has 18 heteroatoms. The van der Waals surface area contributed by atoms with Crippen LogP contribution >= 0.6 is 0 Å². The zero-order valence-electron chi connectivity index (χ0n) is 37.6. The Morgan fingerprint density at radius 3 is 2.44 bits per heavy atom. The smallest absolute Gasteiger partial charge is 0.407 e. The van der Waals surface area contributed by atoms with Crippen LogP contribution in [-0.2, 0) is 39.9 Å². The number of aromatic amines is 1. The maximum atomic E-state index is 14.0. The van der Waals surface area contributed by atoms with Crippen molar-refractivity contribution in [1.82, 2.24) is 30.4 Å². The predicted octanol–water partition coefficient (Wildman–Crippen LogP) is 4.05. The Labute approximate surface area is 372 Å². The highest BCUT2D eigenvalue weighted by molar-refractivity contribution is 6.07. The van der Waals surface area contributed by atoms with Gasteiger partial charge in [-0.2, -0.15) is 0 Å². The number of carbonyl (C=O) groups is 3. The highest BCUT2D eigenvalue weighted by Crippen LogP contribution is 2.43. The third-order valence-corrected chi connectivity index (χ3v) is 12.6. The van der Waals surface area contributed by atoms with Gasteiger partial charge in [0.15, 0.2) is 0 Å². The van der Waals surface area contributed by atoms with Crippen molar-refractivity contribution >= 4 is 51.6 Å². The van der Waals surface area contributed by atoms with Crippen molar-refractivity contribution in [3.8, 4) is 16.9 Å². The van der Waals surface area contributed by atoms with Crippen LogP contribution in [-0.4, -0.2) is 141 Å². The maximum absolute atomic E-state index is 14.0. The summed E-state index contributed by atoms with van der Waals surface area (Å²) in [4.78, 5) is 56.5. The number of aliphatic imine (C=N–C) groups is 1. The minimum Gasteiger partial charge on any atom is -0.488 e. The molecular weight excluding hydrogens is 825 g/mol. The topological polar surface area (TPSA) is 224 Å². The van der Waals surface area contributed by atoms with Crippen LogP contribution < -0.4 is 21.1 Å². The summed E-state index contributed by atoms with van der Waals surface area (Å²) >= 11 is 0. The van der Waals surface area contributed by atoms with Gasteiger partial charge in [-0.1, -0.05) is 25.1 Å². The van der Waals surface area contributed by atoms with E-state index in [0.717, 1.165) is 56.2 Å². The second-order valence-electron chi connectivity index (χ2n) is 16.9. The number of aliphatic hydroxyl groups is 1. The number of amides is 3. The number of alkyl carbamates (subject to hydrolysis) is 1. The molecule has 3 aliphatic heterocycles. The van der Waals surface area contributed by atoms with Gasteiger partial charge in [-0.25, -0.2) is 9.78 Å². The van der Waals surface area contributed by atoms with Gasteiger partial charge in [-0.15, -0.1) is 0 Å². The molecule has 7 rings (SSSR count). The third-order valence-electron chi connectivity index (χ3n) is 12.6. The molecule has 9 atom stereocenters. The molecule has 0 bridgehead atoms. The molecule has 4 aromatic rings. The van der Waals surface area contributed by atoms with E-state index in [1.165, 1.54) is 28.4 Å². The highest BCUT2D eigenvalue weighted by Gasteiger charge is 2.42. The van der Waals surface area contributed by atoms with Crippen molar-refractivity contribution < 1.29 is 47.9 Å². The second-order valence-corrected chi connectivity index (χ2v) is 16.9. The van der Waals surface area contributed by atoms with Gasteiger partial charge in [0.25, 0.3) is 0 Å². The van der Waals surface area contributed by atoms with E-state index in [9.17, 15) is 19.5 Å². The molecule has 2 fully saturated rings. The number of nitrogens with one attached hydrogen (secondary N) is 3. The number of fused-ring (bicyclic) bond motifs is 6. The number of likely N-dealkylation sites (tertiary alicyclic amines) is 2. The van der Waals surface area contributed by atoms with Gasteiger partial charge in [0.05, 0.1) is 60.9 Å². The van der Waals surface area contributed by atoms with Crippen LogP contribution in [0.4, 0.5) is 4.79 Å². The summed E-state index contributed by atoms with van der Waals surface area (Å²) in [5, 5.41) is 17.6. The number of rotatable bonds is 16. The van der Waals surface area contributed by atoms with Crippen LogP contribution in [0.25, 0.3) is 38.6 Å². The minimum atomic E-state index is -1.33. The van der Waals surface area contributed by atoms with Crippen LogP contribution in [0.5, 0.6) is 5.75 Å². The zero-order chi connectivity index (χ0) is 45.8. The molecular formula is C46H60N8O10. The van der Waals surface area contributed by atoms with Crippen LogP contribution in [0, 0.1) is 11.8 Å². The Hall–Kier alpha value is -5.63. The van der Waals surface area contributed by atoms with E-state index in [1.807, 2.05) is 41.3 Å². The summed E-state index contributed by atoms with van der Waals surface area (Å²) < 4.78 is 32.5. The summed E-state index contributed by atoms with van der Waals surface area (Å²) in [6.07, 6.45) is 1.42. The fraction of sp³-hybridized carbons (Fsp3) is 0.500. The SMILES string of the molecule is COC[C@H]1C[C@@H](/C=N/C=C(\N)c2ccc3c(c2)COc2cc4c(ccc5nc([C@@H]6C[C@H](C)CN6C(=O)C(NC(O)OC)[C@@H](C)OC)[nH]c54)cc2-3)N(C(=O)[C@@H](NC(=O)OC)[C@@H](C)OC)C1. The normalized spacial score (nSPS) is 22.2. The van der Waals surface area contributed by atoms with Gasteiger partial charge in [0.2, 0.25) is 18.2 Å². The maximum Gasteiger partial charge on any atom is 0.407 e. The van der Waals surface area contributed by atoms with Gasteiger partial charge in [0.1, 0.15) is 30.3 Å². The number of imidazole rings is 1. The van der Waals surface area contributed by atoms with Crippen molar-refractivity contribution in [2.45, 2.75) is 83.0 Å². The molecule has 0 saturated carbocycles. The Morgan fingerprint density at radius 1 is 0.969 bits per heavy atom. The molecule has 18 nitrogen and oxygen atoms in total. The number of aliphatic hydroxyl groups excluding tert-OH is 1. The Balaban J connectivity index is 1.11. The third kappa shape index (κ3) is 9.57. The van der Waals surface area contributed by atoms with Gasteiger partial charge in [-0.05, 0) is 78.9 Å². The predicted molar refractivity (Wildman–Crippen MR) is 240 cm³/mol. The molecule has 3 amide bonds. The van der Waals surface area contributed by atoms with Gasteiger partial charge < -0.3 is 59.4 Å². The molecule has 344 valence electrons. The lowest BCUT2D eigenvalue weighted by atomic mass is 9.92. The van der Waals surface area contributed by atoms with Crippen LogP contribution in [0.1, 0.15) is 56.6 Å². The summed E-state index contributed by atoms with van der Waals surface area (Å²) in [5.41, 5.74) is 12.4. The number of benzene rings is 3. The largest absolute Gasteiger partial charge is 0.488 e. The van der Waals surface area contributed by atoms with Crippen LogP contribution in [0.3, 0.4) is 0 Å². The Kier molecular flexibility index (Phi) is 14.5. The molecule has 0 aliphatic carbocycles. The second kappa shape index (κ2) is 20.0. The van der Waals surface area contributed by atoms with Gasteiger partial charge in [0, 0.05) is 64.6 Å². The first kappa shape index (κ1) is 46.4. The van der Waals surface area contributed by atoms with E-state index in [1.54, 1.807) is 38.3 Å². The molecule has 4 heterocycles. The molecule has 0 radical (unpaired) electrons. The van der Waals surface area contributed by atoms with E-state index in [4.69, 9.17) is 39.1 Å². The fourth-order valence-electron chi connectivity index (χ4n) is 9.03. The molecule has 0 spiro atoms. The van der Waals surface area contributed by atoms with Crippen LogP contribution in [0.2, 0.25) is 0 Å². The number of methoxy groups -OCH3 is 5. The molecule has 2 unspecified atom stereocenters. The first-order chi connectivity index (χ1) is 30.8. The Bertz CT molecular complexity index is 2400. The molecule has 6 N–H and O–H groups in total. The zero-order valence-corrected chi connectivity index (χ0v) is 37.6. The first-order valence-corrected chi connectivity index (χ1v) is 21.5. The quantitative estimate of drug-likeness (QED) is 0.0793. The summed E-state index contributed by atoms with van der Waals surface area (Å²) in [7, 11) is 7.22. The van der Waals surface area contributed by atoms with E-state index in [2.05, 4.69) is 33.6 Å². The van der Waals surface area contributed by atoms with Crippen molar-refractivity contribution in [2.75, 3.05) is 55.2 Å².